The van der Waals surface area contributed by atoms with Gasteiger partial charge in [0.15, 0.2) is 0 Å². The smallest absolute Gasteiger partial charge is 0.416 e. The van der Waals surface area contributed by atoms with E-state index < -0.39 is 34.9 Å². The van der Waals surface area contributed by atoms with Crippen molar-refractivity contribution < 1.29 is 27.6 Å². The minimum atomic E-state index is -4.55. The van der Waals surface area contributed by atoms with Crippen LogP contribution in [-0.2, 0) is 17.5 Å². The number of non-ortho nitro benzene ring substituents is 1. The number of ether oxygens (including phenoxy) is 1. The van der Waals surface area contributed by atoms with Gasteiger partial charge >= 0.3 is 12.3 Å². The Kier molecular flexibility index (Phi) is 7.43. The van der Waals surface area contributed by atoms with Crippen LogP contribution < -0.4 is 0 Å². The Labute approximate surface area is 223 Å². The van der Waals surface area contributed by atoms with Gasteiger partial charge in [-0.2, -0.15) is 13.2 Å². The highest BCUT2D eigenvalue weighted by Gasteiger charge is 2.41. The number of hydrogen-bond donors (Lipinski definition) is 0. The normalized spacial score (nSPS) is 17.7. The van der Waals surface area contributed by atoms with Gasteiger partial charge in [0.25, 0.3) is 5.69 Å². The monoisotopic (exact) mass is 546 g/mol. The molecule has 4 rings (SSSR count). The highest BCUT2D eigenvalue weighted by Crippen LogP contribution is 2.40. The number of alkyl halides is 3. The number of amides is 1. The minimum absolute atomic E-state index is 0.0618. The Hall–Kier alpha value is -3.59. The third kappa shape index (κ3) is 5.48. The van der Waals surface area contributed by atoms with Crippen LogP contribution in [0.2, 0.25) is 5.02 Å². The number of halogens is 4. The molecule has 38 heavy (non-hydrogen) atoms. The fourth-order valence-corrected chi connectivity index (χ4v) is 4.90. The lowest BCUT2D eigenvalue weighted by Gasteiger charge is -2.23. The lowest BCUT2D eigenvalue weighted by atomic mass is 9.93. The van der Waals surface area contributed by atoms with E-state index in [2.05, 4.69) is 0 Å². The summed E-state index contributed by atoms with van der Waals surface area (Å²) in [5, 5.41) is 12.0. The van der Waals surface area contributed by atoms with Crippen molar-refractivity contribution in [2.45, 2.75) is 58.5 Å². The number of rotatable bonds is 6. The Bertz CT molecular complexity index is 1410. The molecule has 0 aliphatic carbocycles. The Morgan fingerprint density at radius 1 is 1.08 bits per heavy atom. The summed E-state index contributed by atoms with van der Waals surface area (Å²) >= 11 is 6.52. The second kappa shape index (κ2) is 10.3. The van der Waals surface area contributed by atoms with Crippen LogP contribution in [-0.4, -0.2) is 22.0 Å². The first-order valence-electron chi connectivity index (χ1n) is 12.0. The molecule has 0 unspecified atom stereocenters. The number of carbonyl (C=O) groups is 1. The summed E-state index contributed by atoms with van der Waals surface area (Å²) in [5.74, 6) is 0.206. The summed E-state index contributed by atoms with van der Waals surface area (Å²) in [7, 11) is 0. The molecule has 200 valence electrons. The van der Waals surface area contributed by atoms with Gasteiger partial charge in [-0.3, -0.25) is 15.0 Å². The zero-order valence-electron chi connectivity index (χ0n) is 21.2. The van der Waals surface area contributed by atoms with Gasteiger partial charge in [-0.1, -0.05) is 43.1 Å². The van der Waals surface area contributed by atoms with Crippen LogP contribution >= 0.6 is 11.6 Å². The zero-order chi connectivity index (χ0) is 27.9. The molecular formula is C28H26ClF3N2O4. The minimum Gasteiger partial charge on any atom is -0.439 e. The number of nitrogens with zero attached hydrogens (tertiary/aromatic N) is 2. The summed E-state index contributed by atoms with van der Waals surface area (Å²) in [6, 6.07) is 12.9. The van der Waals surface area contributed by atoms with Crippen LogP contribution in [0.15, 0.2) is 54.6 Å². The standard InChI is InChI=1S/C28H26ClF3N2O4/c1-15(2)18-5-8-25(29)24(13-18)23-7-6-22(34(36)37)12-20(23)14-33-17(4)26(38-27(33)35)19-9-16(3)10-21(11-19)28(30,31)32/h5-13,15,17,26H,14H2,1-4H3/t17-,26-/m0/s1. The van der Waals surface area contributed by atoms with Crippen LogP contribution in [0.4, 0.5) is 23.7 Å². The highest BCUT2D eigenvalue weighted by molar-refractivity contribution is 6.33. The van der Waals surface area contributed by atoms with E-state index in [-0.39, 0.29) is 23.7 Å². The largest absolute Gasteiger partial charge is 0.439 e. The van der Waals surface area contributed by atoms with E-state index in [1.807, 2.05) is 26.0 Å². The molecule has 1 heterocycles. The van der Waals surface area contributed by atoms with E-state index in [9.17, 15) is 28.1 Å². The van der Waals surface area contributed by atoms with E-state index >= 15 is 0 Å². The van der Waals surface area contributed by atoms with E-state index in [0.717, 1.165) is 17.7 Å². The molecule has 3 aromatic rings. The van der Waals surface area contributed by atoms with E-state index in [1.54, 1.807) is 32.0 Å². The van der Waals surface area contributed by atoms with Crippen LogP contribution in [0.5, 0.6) is 0 Å². The average Bonchev–Trinajstić information content (AvgIpc) is 3.11. The number of cyclic esters (lactones) is 1. The molecule has 10 heteroatoms. The van der Waals surface area contributed by atoms with Crippen LogP contribution in [0.1, 0.15) is 60.6 Å². The second-order valence-electron chi connectivity index (χ2n) is 9.80. The maximum atomic E-state index is 13.4. The molecule has 0 radical (unpaired) electrons. The molecular weight excluding hydrogens is 521 g/mol. The quantitative estimate of drug-likeness (QED) is 0.230. The number of nitro benzene ring substituents is 1. The topological polar surface area (TPSA) is 72.7 Å². The van der Waals surface area contributed by atoms with Crippen molar-refractivity contribution in [3.8, 4) is 11.1 Å². The van der Waals surface area contributed by atoms with Gasteiger partial charge in [-0.15, -0.1) is 0 Å². The molecule has 1 fully saturated rings. The average molecular weight is 547 g/mol. The summed E-state index contributed by atoms with van der Waals surface area (Å²) in [6.45, 7) is 7.22. The molecule has 0 saturated carbocycles. The third-order valence-corrected chi connectivity index (χ3v) is 7.06. The first-order valence-corrected chi connectivity index (χ1v) is 12.4. The summed E-state index contributed by atoms with van der Waals surface area (Å²) in [5.41, 5.74) is 2.38. The zero-order valence-corrected chi connectivity index (χ0v) is 21.9. The van der Waals surface area contributed by atoms with Crippen LogP contribution in [0.25, 0.3) is 11.1 Å². The van der Waals surface area contributed by atoms with Crippen molar-refractivity contribution in [1.82, 2.24) is 4.90 Å². The second-order valence-corrected chi connectivity index (χ2v) is 10.2. The van der Waals surface area contributed by atoms with Gasteiger partial charge in [0.05, 0.1) is 23.1 Å². The SMILES string of the molecule is Cc1cc([C@H]2OC(=O)N(Cc3cc([N+](=O)[O-])ccc3-c3cc(C(C)C)ccc3Cl)[C@H]2C)cc(C(F)(F)F)c1. The van der Waals surface area contributed by atoms with Crippen molar-refractivity contribution >= 4 is 23.4 Å². The molecule has 0 N–H and O–H groups in total. The van der Waals surface area contributed by atoms with Crippen LogP contribution in [0.3, 0.4) is 0 Å². The van der Waals surface area contributed by atoms with Crippen LogP contribution in [0, 0.1) is 17.0 Å². The number of carbonyl (C=O) groups excluding carboxylic acids is 1. The lowest BCUT2D eigenvalue weighted by Crippen LogP contribution is -2.31. The van der Waals surface area contributed by atoms with E-state index in [1.165, 1.54) is 17.0 Å². The molecule has 1 amide bonds. The molecule has 1 saturated heterocycles. The van der Waals surface area contributed by atoms with Gasteiger partial charge in [-0.05, 0) is 72.4 Å². The highest BCUT2D eigenvalue weighted by atomic mass is 35.5. The summed E-state index contributed by atoms with van der Waals surface area (Å²) in [4.78, 5) is 25.3. The number of benzene rings is 3. The Balaban J connectivity index is 1.74. The van der Waals surface area contributed by atoms with Gasteiger partial charge in [0.2, 0.25) is 0 Å². The predicted octanol–water partition coefficient (Wildman–Crippen LogP) is 8.45. The Morgan fingerprint density at radius 2 is 1.79 bits per heavy atom. The van der Waals surface area contributed by atoms with Gasteiger partial charge < -0.3 is 4.74 Å². The predicted molar refractivity (Wildman–Crippen MR) is 138 cm³/mol. The van der Waals surface area contributed by atoms with E-state index in [0.29, 0.717) is 27.3 Å². The first kappa shape index (κ1) is 27.4. The first-order chi connectivity index (χ1) is 17.8. The van der Waals surface area contributed by atoms with Crippen molar-refractivity contribution in [1.29, 1.82) is 0 Å². The van der Waals surface area contributed by atoms with Gasteiger partial charge in [0, 0.05) is 22.7 Å². The Morgan fingerprint density at radius 3 is 2.42 bits per heavy atom. The molecule has 2 atom stereocenters. The number of hydrogen-bond acceptors (Lipinski definition) is 4. The lowest BCUT2D eigenvalue weighted by molar-refractivity contribution is -0.384. The summed E-state index contributed by atoms with van der Waals surface area (Å²) < 4.78 is 45.7. The number of nitro groups is 1. The van der Waals surface area contributed by atoms with Gasteiger partial charge in [-0.25, -0.2) is 4.79 Å². The van der Waals surface area contributed by atoms with E-state index in [4.69, 9.17) is 16.3 Å². The molecule has 3 aromatic carbocycles. The molecule has 0 spiro atoms. The fourth-order valence-electron chi connectivity index (χ4n) is 4.68. The maximum Gasteiger partial charge on any atom is 0.416 e. The molecule has 0 aromatic heterocycles. The van der Waals surface area contributed by atoms with Crippen molar-refractivity contribution in [3.63, 3.8) is 0 Å². The molecule has 0 bridgehead atoms. The van der Waals surface area contributed by atoms with Crippen molar-refractivity contribution in [2.24, 2.45) is 0 Å². The summed E-state index contributed by atoms with van der Waals surface area (Å²) in [6.07, 6.45) is -6.22. The fraction of sp³-hybridized carbons (Fsp3) is 0.321. The molecule has 6 nitrogen and oxygen atoms in total. The molecule has 1 aliphatic rings. The van der Waals surface area contributed by atoms with Crippen molar-refractivity contribution in [2.75, 3.05) is 0 Å². The molecule has 1 aliphatic heterocycles. The van der Waals surface area contributed by atoms with Gasteiger partial charge in [0.1, 0.15) is 6.10 Å². The number of aryl methyl sites for hydroxylation is 1. The van der Waals surface area contributed by atoms with Crippen molar-refractivity contribution in [3.05, 3.63) is 97.6 Å². The maximum absolute atomic E-state index is 13.4. The third-order valence-electron chi connectivity index (χ3n) is 6.74.